The molecule has 0 radical (unpaired) electrons. The van der Waals surface area contributed by atoms with E-state index in [1.165, 1.54) is 16.9 Å². The minimum absolute atomic E-state index is 0.491. The summed E-state index contributed by atoms with van der Waals surface area (Å²) in [4.78, 5) is 2.26. The average molecular weight is 368 g/mol. The highest BCUT2D eigenvalue weighted by Gasteiger charge is 2.46. The van der Waals surface area contributed by atoms with Crippen molar-refractivity contribution in [1.29, 1.82) is 0 Å². The molecule has 9 heteroatoms. The number of nitrogens with one attached hydrogen (secondary N) is 1. The van der Waals surface area contributed by atoms with Crippen molar-refractivity contribution in [3.63, 3.8) is 0 Å². The zero-order valence-electron chi connectivity index (χ0n) is 13.7. The number of alkyl halides is 3. The number of sulfonamides is 1. The Kier molecular flexibility index (Phi) is 7.34. The monoisotopic (exact) mass is 368 g/mol. The van der Waals surface area contributed by atoms with Crippen molar-refractivity contribution in [2.24, 2.45) is 0 Å². The molecular weight excluding hydrogens is 345 g/mol. The molecule has 24 heavy (non-hydrogen) atoms. The van der Waals surface area contributed by atoms with Crippen LogP contribution in [0.1, 0.15) is 32.3 Å². The summed E-state index contributed by atoms with van der Waals surface area (Å²) in [5, 5.41) is 9.78. The lowest BCUT2D eigenvalue weighted by molar-refractivity contribution is -0.0429. The van der Waals surface area contributed by atoms with Gasteiger partial charge in [-0.2, -0.15) is 21.6 Å². The van der Waals surface area contributed by atoms with Crippen molar-refractivity contribution in [2.45, 2.75) is 38.6 Å². The van der Waals surface area contributed by atoms with Gasteiger partial charge in [-0.3, -0.25) is 4.72 Å². The Morgan fingerprint density at radius 1 is 1.12 bits per heavy atom. The average Bonchev–Trinajstić information content (AvgIpc) is 2.46. The van der Waals surface area contributed by atoms with Crippen molar-refractivity contribution >= 4 is 15.7 Å². The first kappa shape index (κ1) is 20.6. The molecule has 0 heterocycles. The van der Waals surface area contributed by atoms with Crippen LogP contribution in [0.25, 0.3) is 0 Å². The Bertz CT molecular complexity index is 627. The van der Waals surface area contributed by atoms with Crippen LogP contribution in [0.3, 0.4) is 0 Å². The number of aromatic hydroxyl groups is 1. The maximum Gasteiger partial charge on any atom is 0.516 e. The third kappa shape index (κ3) is 5.86. The number of rotatable bonds is 9. The third-order valence-electron chi connectivity index (χ3n) is 3.41. The third-order valence-corrected chi connectivity index (χ3v) is 4.51. The van der Waals surface area contributed by atoms with E-state index >= 15 is 0 Å². The van der Waals surface area contributed by atoms with Crippen molar-refractivity contribution in [1.82, 2.24) is 4.90 Å². The lowest BCUT2D eigenvalue weighted by Gasteiger charge is -2.21. The molecule has 0 aliphatic carbocycles. The van der Waals surface area contributed by atoms with Gasteiger partial charge >= 0.3 is 15.5 Å². The molecule has 0 bridgehead atoms. The van der Waals surface area contributed by atoms with Crippen LogP contribution in [0.4, 0.5) is 18.9 Å². The molecule has 0 spiro atoms. The van der Waals surface area contributed by atoms with E-state index < -0.39 is 27.0 Å². The molecule has 0 atom stereocenters. The minimum atomic E-state index is -5.54. The molecule has 0 saturated carbocycles. The van der Waals surface area contributed by atoms with Crippen LogP contribution in [0.5, 0.6) is 5.75 Å². The summed E-state index contributed by atoms with van der Waals surface area (Å²) in [6.45, 7) is 6.81. The van der Waals surface area contributed by atoms with E-state index in [9.17, 15) is 26.7 Å². The normalized spacial score (nSPS) is 12.6. The Labute approximate surface area is 140 Å². The lowest BCUT2D eigenvalue weighted by atomic mass is 10.1. The first-order valence-electron chi connectivity index (χ1n) is 7.74. The van der Waals surface area contributed by atoms with Crippen molar-refractivity contribution in [2.75, 3.05) is 24.4 Å². The fraction of sp³-hybridized carbons (Fsp3) is 0.600. The first-order chi connectivity index (χ1) is 11.1. The summed E-state index contributed by atoms with van der Waals surface area (Å²) in [5.41, 5.74) is -5.20. The highest BCUT2D eigenvalue weighted by Crippen LogP contribution is 2.30. The number of hydrogen-bond donors (Lipinski definition) is 2. The van der Waals surface area contributed by atoms with Crippen LogP contribution in [-0.4, -0.2) is 43.6 Å². The van der Waals surface area contributed by atoms with E-state index in [0.717, 1.165) is 44.1 Å². The van der Waals surface area contributed by atoms with Crippen molar-refractivity contribution < 1.29 is 26.7 Å². The van der Waals surface area contributed by atoms with Crippen LogP contribution in [-0.2, 0) is 16.4 Å². The standard InChI is InChI=1S/C15H23F3N2O3S/c1-3-8-20(9-4-2)10-7-12-5-6-13(14(21)11-12)19-24(22,23)15(16,17)18/h5-6,11,19,21H,3-4,7-10H2,1-2H3. The fourth-order valence-electron chi connectivity index (χ4n) is 2.28. The molecule has 5 nitrogen and oxygen atoms in total. The van der Waals surface area contributed by atoms with E-state index in [1.54, 1.807) is 0 Å². The van der Waals surface area contributed by atoms with Gasteiger partial charge in [0.15, 0.2) is 0 Å². The molecule has 0 aromatic heterocycles. The molecule has 1 rings (SSSR count). The Balaban J connectivity index is 2.78. The molecule has 0 unspecified atom stereocenters. The molecule has 1 aromatic rings. The first-order valence-corrected chi connectivity index (χ1v) is 9.22. The van der Waals surface area contributed by atoms with E-state index in [2.05, 4.69) is 18.7 Å². The van der Waals surface area contributed by atoms with Gasteiger partial charge in [-0.1, -0.05) is 19.9 Å². The second-order valence-electron chi connectivity index (χ2n) is 5.49. The van der Waals surface area contributed by atoms with Crippen molar-refractivity contribution in [3.05, 3.63) is 23.8 Å². The largest absolute Gasteiger partial charge is 0.516 e. The van der Waals surface area contributed by atoms with Gasteiger partial charge in [0.2, 0.25) is 0 Å². The summed E-state index contributed by atoms with van der Waals surface area (Å²) in [6, 6.07) is 3.92. The SMILES string of the molecule is CCCN(CCC)CCc1ccc(NS(=O)(=O)C(F)(F)F)c(O)c1. The minimum Gasteiger partial charge on any atom is -0.506 e. The Morgan fingerprint density at radius 2 is 1.71 bits per heavy atom. The molecule has 138 valence electrons. The van der Waals surface area contributed by atoms with Gasteiger partial charge in [-0.25, -0.2) is 0 Å². The summed E-state index contributed by atoms with van der Waals surface area (Å²) in [6.07, 6.45) is 2.65. The topological polar surface area (TPSA) is 69.6 Å². The second-order valence-corrected chi connectivity index (χ2v) is 7.17. The second kappa shape index (κ2) is 8.57. The van der Waals surface area contributed by atoms with E-state index in [4.69, 9.17) is 0 Å². The molecule has 2 N–H and O–H groups in total. The summed E-state index contributed by atoms with van der Waals surface area (Å²) < 4.78 is 60.5. The summed E-state index contributed by atoms with van der Waals surface area (Å²) in [5.74, 6) is -0.530. The van der Waals surface area contributed by atoms with E-state index in [-0.39, 0.29) is 0 Å². The van der Waals surface area contributed by atoms with Gasteiger partial charge < -0.3 is 10.0 Å². The van der Waals surface area contributed by atoms with Crippen LogP contribution in [0, 0.1) is 0 Å². The molecule has 0 fully saturated rings. The predicted molar refractivity (Wildman–Crippen MR) is 87.4 cm³/mol. The highest BCUT2D eigenvalue weighted by molar-refractivity contribution is 7.93. The van der Waals surface area contributed by atoms with E-state index in [1.807, 2.05) is 0 Å². The number of benzene rings is 1. The Morgan fingerprint density at radius 3 is 2.17 bits per heavy atom. The number of phenolic OH excluding ortho intramolecular Hbond substituents is 1. The quantitative estimate of drug-likeness (QED) is 0.656. The highest BCUT2D eigenvalue weighted by atomic mass is 32.2. The Hall–Kier alpha value is -1.48. The predicted octanol–water partition coefficient (Wildman–Crippen LogP) is 3.32. The van der Waals surface area contributed by atoms with Gasteiger partial charge in [0.1, 0.15) is 5.75 Å². The molecule has 1 aromatic carbocycles. The van der Waals surface area contributed by atoms with Crippen LogP contribution in [0.2, 0.25) is 0 Å². The van der Waals surface area contributed by atoms with Crippen molar-refractivity contribution in [3.8, 4) is 5.75 Å². The van der Waals surface area contributed by atoms with Gasteiger partial charge in [0, 0.05) is 6.54 Å². The fourth-order valence-corrected chi connectivity index (χ4v) is 2.85. The summed E-state index contributed by atoms with van der Waals surface area (Å²) in [7, 11) is -5.54. The van der Waals surface area contributed by atoms with Crippen LogP contribution < -0.4 is 4.72 Å². The van der Waals surface area contributed by atoms with Gasteiger partial charge in [-0.15, -0.1) is 0 Å². The number of phenols is 1. The molecular formula is C15H23F3N2O3S. The molecule has 0 saturated heterocycles. The number of halogens is 3. The molecule has 0 aliphatic rings. The van der Waals surface area contributed by atoms with Gasteiger partial charge in [-0.05, 0) is 50.0 Å². The number of anilines is 1. The lowest BCUT2D eigenvalue weighted by Crippen LogP contribution is -2.30. The number of nitrogens with zero attached hydrogens (tertiary/aromatic N) is 1. The molecule has 0 aliphatic heterocycles. The zero-order chi connectivity index (χ0) is 18.4. The van der Waals surface area contributed by atoms with Gasteiger partial charge in [0.25, 0.3) is 0 Å². The van der Waals surface area contributed by atoms with Crippen LogP contribution >= 0.6 is 0 Å². The van der Waals surface area contributed by atoms with Gasteiger partial charge in [0.05, 0.1) is 5.69 Å². The van der Waals surface area contributed by atoms with Crippen LogP contribution in [0.15, 0.2) is 18.2 Å². The number of hydrogen-bond acceptors (Lipinski definition) is 4. The van der Waals surface area contributed by atoms with E-state index in [0.29, 0.717) is 6.42 Å². The maximum atomic E-state index is 12.3. The summed E-state index contributed by atoms with van der Waals surface area (Å²) >= 11 is 0. The smallest absolute Gasteiger partial charge is 0.506 e. The maximum absolute atomic E-state index is 12.3. The zero-order valence-corrected chi connectivity index (χ0v) is 14.5. The molecule has 0 amide bonds.